The summed E-state index contributed by atoms with van der Waals surface area (Å²) in [6.45, 7) is 9.23. The van der Waals surface area contributed by atoms with Crippen molar-refractivity contribution in [2.45, 2.75) is 46.5 Å². The van der Waals surface area contributed by atoms with Crippen molar-refractivity contribution in [3.05, 3.63) is 41.1 Å². The highest BCUT2D eigenvalue weighted by molar-refractivity contribution is 5.54. The Hall–Kier alpha value is -1.57. The molecule has 0 spiro atoms. The predicted octanol–water partition coefficient (Wildman–Crippen LogP) is 4.75. The molecule has 0 aromatic heterocycles. The predicted molar refractivity (Wildman–Crippen MR) is 85.8 cm³/mol. The third kappa shape index (κ3) is 3.50. The van der Waals surface area contributed by atoms with Crippen LogP contribution < -0.4 is 4.74 Å². The molecule has 0 amide bonds. The smallest absolute Gasteiger partial charge is 0.120 e. The number of hydrogen-bond acceptors (Lipinski definition) is 2. The van der Waals surface area contributed by atoms with Gasteiger partial charge >= 0.3 is 0 Å². The minimum atomic E-state index is 0.599. The molecule has 2 nitrogen and oxygen atoms in total. The molecule has 0 saturated heterocycles. The van der Waals surface area contributed by atoms with E-state index in [4.69, 9.17) is 4.74 Å². The lowest BCUT2D eigenvalue weighted by atomic mass is 9.77. The highest BCUT2D eigenvalue weighted by atomic mass is 16.5. The van der Waals surface area contributed by atoms with Crippen molar-refractivity contribution in [2.75, 3.05) is 6.61 Å². The Bertz CT molecular complexity index is 516. The second-order valence-electron chi connectivity index (χ2n) is 5.84. The summed E-state index contributed by atoms with van der Waals surface area (Å²) in [5.74, 6) is 2.42. The Morgan fingerprint density at radius 2 is 2.20 bits per heavy atom. The summed E-state index contributed by atoms with van der Waals surface area (Å²) < 4.78 is 5.85. The summed E-state index contributed by atoms with van der Waals surface area (Å²) in [5.41, 5.74) is 4.09. The molecule has 0 fully saturated rings. The van der Waals surface area contributed by atoms with Crippen LogP contribution in [0, 0.1) is 5.92 Å². The molecular formula is C18H25NO. The molecule has 1 aliphatic rings. The molecule has 2 atom stereocenters. The second kappa shape index (κ2) is 6.74. The average Bonchev–Trinajstić information content (AvgIpc) is 2.46. The van der Waals surface area contributed by atoms with Crippen LogP contribution in [-0.4, -0.2) is 12.8 Å². The first kappa shape index (κ1) is 14.8. The van der Waals surface area contributed by atoms with Gasteiger partial charge in [-0.05, 0) is 67.4 Å². The van der Waals surface area contributed by atoms with Crippen LogP contribution in [0.3, 0.4) is 0 Å². The van der Waals surface area contributed by atoms with E-state index in [2.05, 4.69) is 37.0 Å². The number of nitrogens with zero attached hydrogens (tertiary/aromatic N) is 1. The maximum atomic E-state index is 5.85. The van der Waals surface area contributed by atoms with E-state index in [1.165, 1.54) is 24.0 Å². The number of aliphatic imine (C=N–C) groups is 1. The van der Waals surface area contributed by atoms with Gasteiger partial charge < -0.3 is 4.74 Å². The van der Waals surface area contributed by atoms with Gasteiger partial charge in [-0.3, -0.25) is 4.99 Å². The normalized spacial score (nSPS) is 22.9. The van der Waals surface area contributed by atoms with Crippen LogP contribution in [0.25, 0.3) is 0 Å². The van der Waals surface area contributed by atoms with Gasteiger partial charge in [0.05, 0.1) is 0 Å². The highest BCUT2D eigenvalue weighted by Gasteiger charge is 2.22. The van der Waals surface area contributed by atoms with Gasteiger partial charge in [-0.1, -0.05) is 19.9 Å². The fraction of sp³-hybridized carbons (Fsp3) is 0.500. The molecule has 1 aromatic carbocycles. The Kier molecular flexibility index (Phi) is 4.99. The van der Waals surface area contributed by atoms with E-state index in [0.29, 0.717) is 12.5 Å². The number of aryl methyl sites for hydroxylation is 1. The summed E-state index contributed by atoms with van der Waals surface area (Å²) in [4.78, 5) is 4.11. The molecular weight excluding hydrogens is 246 g/mol. The number of hydrogen-bond donors (Lipinski definition) is 0. The fourth-order valence-corrected chi connectivity index (χ4v) is 2.71. The van der Waals surface area contributed by atoms with E-state index < -0.39 is 0 Å². The van der Waals surface area contributed by atoms with Crippen LogP contribution in [0.2, 0.25) is 0 Å². The molecule has 0 radical (unpaired) electrons. The van der Waals surface area contributed by atoms with Crippen LogP contribution in [-0.2, 0) is 6.42 Å². The van der Waals surface area contributed by atoms with Gasteiger partial charge in [0.15, 0.2) is 0 Å². The van der Waals surface area contributed by atoms with Crippen LogP contribution in [0.4, 0.5) is 0 Å². The lowest BCUT2D eigenvalue weighted by molar-refractivity contribution is 0.349. The summed E-state index contributed by atoms with van der Waals surface area (Å²) >= 11 is 0. The van der Waals surface area contributed by atoms with Crippen molar-refractivity contribution >= 4 is 6.21 Å². The molecule has 20 heavy (non-hydrogen) atoms. The number of benzene rings is 1. The molecule has 1 aliphatic carbocycles. The second-order valence-corrected chi connectivity index (χ2v) is 5.84. The van der Waals surface area contributed by atoms with Crippen LogP contribution in [0.1, 0.15) is 51.2 Å². The van der Waals surface area contributed by atoms with E-state index in [1.807, 2.05) is 20.0 Å². The van der Waals surface area contributed by atoms with Crippen molar-refractivity contribution in [2.24, 2.45) is 10.9 Å². The molecule has 0 saturated carbocycles. The average molecular weight is 271 g/mol. The van der Waals surface area contributed by atoms with Crippen molar-refractivity contribution in [1.82, 2.24) is 0 Å². The van der Waals surface area contributed by atoms with Gasteiger partial charge in [-0.25, -0.2) is 0 Å². The quantitative estimate of drug-likeness (QED) is 0.724. The van der Waals surface area contributed by atoms with Crippen molar-refractivity contribution in [3.8, 4) is 5.75 Å². The van der Waals surface area contributed by atoms with Crippen molar-refractivity contribution < 1.29 is 4.74 Å². The molecule has 0 N–H and O–H groups in total. The van der Waals surface area contributed by atoms with Crippen LogP contribution >= 0.6 is 0 Å². The van der Waals surface area contributed by atoms with E-state index in [1.54, 1.807) is 6.21 Å². The Morgan fingerprint density at radius 1 is 1.40 bits per heavy atom. The number of rotatable bonds is 4. The third-order valence-corrected chi connectivity index (χ3v) is 4.24. The first-order chi connectivity index (χ1) is 9.61. The van der Waals surface area contributed by atoms with Crippen LogP contribution in [0.5, 0.6) is 5.75 Å². The highest BCUT2D eigenvalue weighted by Crippen LogP contribution is 2.37. The van der Waals surface area contributed by atoms with E-state index in [9.17, 15) is 0 Å². The maximum Gasteiger partial charge on any atom is 0.120 e. The Labute approximate surface area is 122 Å². The Morgan fingerprint density at radius 3 is 2.95 bits per heavy atom. The minimum absolute atomic E-state index is 0.599. The number of fused-ring (bicyclic) bond motifs is 1. The molecule has 0 heterocycles. The third-order valence-electron chi connectivity index (χ3n) is 4.24. The van der Waals surface area contributed by atoms with Gasteiger partial charge in [0.1, 0.15) is 12.4 Å². The first-order valence-electron chi connectivity index (χ1n) is 7.51. The molecule has 0 aliphatic heterocycles. The van der Waals surface area contributed by atoms with Crippen molar-refractivity contribution in [1.29, 1.82) is 0 Å². The topological polar surface area (TPSA) is 21.6 Å². The number of ether oxygens (including phenoxy) is 1. The van der Waals surface area contributed by atoms with Gasteiger partial charge in [0, 0.05) is 12.4 Å². The summed E-state index contributed by atoms with van der Waals surface area (Å²) in [6, 6.07) is 6.56. The molecule has 0 bridgehead atoms. The van der Waals surface area contributed by atoms with E-state index in [-0.39, 0.29) is 0 Å². The van der Waals surface area contributed by atoms with Gasteiger partial charge in [-0.2, -0.15) is 0 Å². The van der Waals surface area contributed by atoms with Crippen LogP contribution in [0.15, 0.2) is 35.0 Å². The van der Waals surface area contributed by atoms with E-state index in [0.717, 1.165) is 17.2 Å². The zero-order valence-corrected chi connectivity index (χ0v) is 13.0. The largest absolute Gasteiger partial charge is 0.489 e. The fourth-order valence-electron chi connectivity index (χ4n) is 2.71. The zero-order valence-electron chi connectivity index (χ0n) is 13.0. The summed E-state index contributed by atoms with van der Waals surface area (Å²) in [5, 5.41) is 0. The standard InChI is InChI=1S/C18H25NO/c1-5-19-11-13(2)12-20-17-8-9-18-15(4)14(3)6-7-16(18)10-17/h5,8-11,14-15H,6-7,12H2,1-4H3/b13-11+,19-5-. The SMILES string of the molecule is C/C=N\C=C(/C)COc1ccc2c(c1)CCC(C)C2C. The van der Waals surface area contributed by atoms with E-state index >= 15 is 0 Å². The first-order valence-corrected chi connectivity index (χ1v) is 7.51. The molecule has 2 heteroatoms. The summed E-state index contributed by atoms with van der Waals surface area (Å²) in [7, 11) is 0. The van der Waals surface area contributed by atoms with Gasteiger partial charge in [-0.15, -0.1) is 0 Å². The van der Waals surface area contributed by atoms with Crippen molar-refractivity contribution in [3.63, 3.8) is 0 Å². The lowest BCUT2D eigenvalue weighted by Gasteiger charge is -2.28. The van der Waals surface area contributed by atoms with Gasteiger partial charge in [0.2, 0.25) is 0 Å². The minimum Gasteiger partial charge on any atom is -0.489 e. The molecule has 2 rings (SSSR count). The van der Waals surface area contributed by atoms with Gasteiger partial charge in [0.25, 0.3) is 0 Å². The molecule has 2 unspecified atom stereocenters. The summed E-state index contributed by atoms with van der Waals surface area (Å²) in [6.07, 6.45) is 6.09. The molecule has 1 aromatic rings. The Balaban J connectivity index is 2.05. The maximum absolute atomic E-state index is 5.85. The zero-order chi connectivity index (χ0) is 14.5. The molecule has 108 valence electrons. The lowest BCUT2D eigenvalue weighted by Crippen LogP contribution is -2.16. The monoisotopic (exact) mass is 271 g/mol.